The lowest BCUT2D eigenvalue weighted by Gasteiger charge is -2.32. The summed E-state index contributed by atoms with van der Waals surface area (Å²) in [7, 11) is 0. The van der Waals surface area contributed by atoms with Gasteiger partial charge < -0.3 is 9.64 Å². The molecular formula is C16H22N3O2+. The first-order valence-electron chi connectivity index (χ1n) is 7.50. The predicted octanol–water partition coefficient (Wildman–Crippen LogP) is 0.195. The van der Waals surface area contributed by atoms with Gasteiger partial charge in [-0.25, -0.2) is 4.98 Å². The van der Waals surface area contributed by atoms with Gasteiger partial charge in [-0.2, -0.15) is 0 Å². The number of ether oxygens (including phenoxy) is 1. The Hall–Kier alpha value is -1.72. The summed E-state index contributed by atoms with van der Waals surface area (Å²) in [6.45, 7) is 8.81. The average Bonchev–Trinajstić information content (AvgIpc) is 2.36. The molecule has 3 rings (SSSR count). The first-order chi connectivity index (χ1) is 10.0. The van der Waals surface area contributed by atoms with Crippen LogP contribution in [-0.2, 0) is 11.3 Å². The molecule has 112 valence electrons. The number of fused-ring (bicyclic) bond motifs is 1. The summed E-state index contributed by atoms with van der Waals surface area (Å²) in [6.07, 6.45) is 0.514. The fourth-order valence-electron chi connectivity index (χ4n) is 3.24. The van der Waals surface area contributed by atoms with Crippen LogP contribution in [0.4, 0.5) is 0 Å². The van der Waals surface area contributed by atoms with Gasteiger partial charge in [0.25, 0.3) is 5.56 Å². The van der Waals surface area contributed by atoms with Crippen LogP contribution in [0.15, 0.2) is 29.1 Å². The Balaban J connectivity index is 1.90. The molecule has 1 unspecified atom stereocenters. The fourth-order valence-corrected chi connectivity index (χ4v) is 3.24. The average molecular weight is 288 g/mol. The van der Waals surface area contributed by atoms with E-state index in [1.165, 1.54) is 4.90 Å². The number of nitrogens with zero attached hydrogens (tertiary/aromatic N) is 2. The van der Waals surface area contributed by atoms with Crippen LogP contribution in [0.25, 0.3) is 5.65 Å². The van der Waals surface area contributed by atoms with Gasteiger partial charge in [-0.15, -0.1) is 0 Å². The van der Waals surface area contributed by atoms with E-state index in [4.69, 9.17) is 4.74 Å². The Labute approximate surface area is 124 Å². The molecular weight excluding hydrogens is 266 g/mol. The molecule has 5 nitrogen and oxygen atoms in total. The molecule has 1 N–H and O–H groups in total. The van der Waals surface area contributed by atoms with Crippen LogP contribution in [-0.4, -0.2) is 34.7 Å². The number of pyridine rings is 1. The van der Waals surface area contributed by atoms with Crippen LogP contribution in [0.2, 0.25) is 0 Å². The molecule has 21 heavy (non-hydrogen) atoms. The molecule has 1 saturated heterocycles. The van der Waals surface area contributed by atoms with Crippen molar-refractivity contribution in [2.24, 2.45) is 0 Å². The van der Waals surface area contributed by atoms with E-state index < -0.39 is 0 Å². The normalized spacial score (nSPS) is 26.1. The van der Waals surface area contributed by atoms with Crippen molar-refractivity contribution in [3.05, 3.63) is 46.0 Å². The highest BCUT2D eigenvalue weighted by molar-refractivity contribution is 5.40. The number of aryl methyl sites for hydroxylation is 1. The molecule has 0 amide bonds. The third-order valence-electron chi connectivity index (χ3n) is 3.98. The van der Waals surface area contributed by atoms with Gasteiger partial charge in [-0.1, -0.05) is 6.07 Å². The Morgan fingerprint density at radius 3 is 2.76 bits per heavy atom. The monoisotopic (exact) mass is 288 g/mol. The van der Waals surface area contributed by atoms with E-state index in [9.17, 15) is 4.79 Å². The lowest BCUT2D eigenvalue weighted by molar-refractivity contribution is -0.928. The second-order valence-corrected chi connectivity index (χ2v) is 6.04. The summed E-state index contributed by atoms with van der Waals surface area (Å²) in [5, 5.41) is 0. The highest BCUT2D eigenvalue weighted by Gasteiger charge is 2.26. The molecule has 0 aliphatic carbocycles. The highest BCUT2D eigenvalue weighted by Crippen LogP contribution is 2.03. The number of hydrogen-bond donors (Lipinski definition) is 1. The first kappa shape index (κ1) is 14.2. The molecule has 0 radical (unpaired) electrons. The Morgan fingerprint density at radius 2 is 2.05 bits per heavy atom. The van der Waals surface area contributed by atoms with Gasteiger partial charge in [0.05, 0.1) is 0 Å². The molecule has 0 spiro atoms. The zero-order valence-electron chi connectivity index (χ0n) is 12.8. The van der Waals surface area contributed by atoms with E-state index in [0.29, 0.717) is 0 Å². The van der Waals surface area contributed by atoms with E-state index in [0.717, 1.165) is 36.7 Å². The summed E-state index contributed by atoms with van der Waals surface area (Å²) >= 11 is 0. The summed E-state index contributed by atoms with van der Waals surface area (Å²) in [5.41, 5.74) is 2.51. The minimum atomic E-state index is 0.00172. The zero-order chi connectivity index (χ0) is 15.0. The maximum Gasteiger partial charge on any atom is 0.258 e. The van der Waals surface area contributed by atoms with Gasteiger partial charge in [0.2, 0.25) is 0 Å². The van der Waals surface area contributed by atoms with Crippen LogP contribution in [0.3, 0.4) is 0 Å². The van der Waals surface area contributed by atoms with Crippen molar-refractivity contribution < 1.29 is 9.64 Å². The summed E-state index contributed by atoms with van der Waals surface area (Å²) in [4.78, 5) is 18.3. The molecule has 5 heteroatoms. The Morgan fingerprint density at radius 1 is 1.33 bits per heavy atom. The van der Waals surface area contributed by atoms with Gasteiger partial charge in [-0.05, 0) is 32.9 Å². The van der Waals surface area contributed by atoms with Gasteiger partial charge in [0.1, 0.15) is 43.2 Å². The van der Waals surface area contributed by atoms with Crippen LogP contribution >= 0.6 is 0 Å². The van der Waals surface area contributed by atoms with Crippen LogP contribution in [0.5, 0.6) is 0 Å². The minimum absolute atomic E-state index is 0.00172. The smallest absolute Gasteiger partial charge is 0.258 e. The van der Waals surface area contributed by atoms with E-state index in [-0.39, 0.29) is 17.8 Å². The van der Waals surface area contributed by atoms with Crippen molar-refractivity contribution in [3.8, 4) is 0 Å². The van der Waals surface area contributed by atoms with Crippen molar-refractivity contribution in [2.75, 3.05) is 13.1 Å². The quantitative estimate of drug-likeness (QED) is 0.858. The first-order valence-corrected chi connectivity index (χ1v) is 7.50. The number of nitrogens with one attached hydrogen (secondary N) is 1. The fraction of sp³-hybridized carbons (Fsp3) is 0.500. The summed E-state index contributed by atoms with van der Waals surface area (Å²) in [5.74, 6) is 0. The maximum absolute atomic E-state index is 12.3. The van der Waals surface area contributed by atoms with Crippen LogP contribution in [0, 0.1) is 6.92 Å². The summed E-state index contributed by atoms with van der Waals surface area (Å²) in [6, 6.07) is 7.41. The number of morpholine rings is 1. The molecule has 2 aromatic rings. The van der Waals surface area contributed by atoms with Crippen LogP contribution < -0.4 is 10.5 Å². The standard InChI is InChI=1S/C16H21N3O2/c1-11-5-4-6-15-17-14(7-16(20)19(11)15)10-18-8-12(2)21-13(3)9-18/h4-7,12-13H,8-10H2,1-3H3/p+1/t12-,13+. The maximum atomic E-state index is 12.3. The third kappa shape index (κ3) is 2.99. The van der Waals surface area contributed by atoms with Crippen molar-refractivity contribution in [2.45, 2.75) is 39.5 Å². The Bertz CT molecular complexity index is 700. The third-order valence-corrected chi connectivity index (χ3v) is 3.98. The number of hydrogen-bond acceptors (Lipinski definition) is 3. The van der Waals surface area contributed by atoms with Crippen molar-refractivity contribution in [1.82, 2.24) is 9.38 Å². The Kier molecular flexibility index (Phi) is 3.78. The molecule has 1 fully saturated rings. The molecule has 3 heterocycles. The van der Waals surface area contributed by atoms with Gasteiger partial charge in [-0.3, -0.25) is 9.20 Å². The van der Waals surface area contributed by atoms with Crippen molar-refractivity contribution in [3.63, 3.8) is 0 Å². The molecule has 0 aromatic carbocycles. The molecule has 0 bridgehead atoms. The van der Waals surface area contributed by atoms with E-state index in [1.807, 2.05) is 25.1 Å². The minimum Gasteiger partial charge on any atom is -0.364 e. The van der Waals surface area contributed by atoms with Crippen molar-refractivity contribution in [1.29, 1.82) is 0 Å². The van der Waals surface area contributed by atoms with Gasteiger partial charge >= 0.3 is 0 Å². The molecule has 3 atom stereocenters. The summed E-state index contributed by atoms with van der Waals surface area (Å²) < 4.78 is 7.41. The van der Waals surface area contributed by atoms with Gasteiger partial charge in [0, 0.05) is 11.8 Å². The molecule has 1 aliphatic heterocycles. The zero-order valence-corrected chi connectivity index (χ0v) is 12.8. The lowest BCUT2D eigenvalue weighted by atomic mass is 10.2. The number of rotatable bonds is 2. The van der Waals surface area contributed by atoms with E-state index in [1.54, 1.807) is 10.5 Å². The second-order valence-electron chi connectivity index (χ2n) is 6.04. The second kappa shape index (κ2) is 5.58. The predicted molar refractivity (Wildman–Crippen MR) is 80.6 cm³/mol. The van der Waals surface area contributed by atoms with E-state index >= 15 is 0 Å². The molecule has 2 aromatic heterocycles. The SMILES string of the molecule is Cc1cccc2nc(C[NH+]3C[C@@H](C)O[C@@H](C)C3)cc(=O)n12. The molecule has 1 aliphatic rings. The molecule has 0 saturated carbocycles. The topological polar surface area (TPSA) is 48.0 Å². The lowest BCUT2D eigenvalue weighted by Crippen LogP contribution is -3.14. The number of quaternary nitrogens is 1. The van der Waals surface area contributed by atoms with Crippen LogP contribution in [0.1, 0.15) is 25.2 Å². The van der Waals surface area contributed by atoms with Crippen molar-refractivity contribution >= 4 is 5.65 Å². The van der Waals surface area contributed by atoms with E-state index in [2.05, 4.69) is 18.8 Å². The number of aromatic nitrogens is 2. The highest BCUT2D eigenvalue weighted by atomic mass is 16.5. The van der Waals surface area contributed by atoms with Gasteiger partial charge in [0.15, 0.2) is 0 Å². The largest absolute Gasteiger partial charge is 0.364 e.